The van der Waals surface area contributed by atoms with Crippen molar-refractivity contribution in [3.63, 3.8) is 0 Å². The lowest BCUT2D eigenvalue weighted by Gasteiger charge is -2.50. The van der Waals surface area contributed by atoms with E-state index in [-0.39, 0.29) is 30.0 Å². The second-order valence-electron chi connectivity index (χ2n) is 13.5. The van der Waals surface area contributed by atoms with Crippen LogP contribution in [-0.2, 0) is 41.6 Å². The molecule has 1 unspecified atom stereocenters. The Kier molecular flexibility index (Phi) is 12.7. The molecule has 4 heterocycles. The van der Waals surface area contributed by atoms with Crippen molar-refractivity contribution in [2.75, 3.05) is 37.9 Å². The number of aromatic nitrogens is 5. The van der Waals surface area contributed by atoms with Crippen LogP contribution < -0.4 is 11.1 Å². The van der Waals surface area contributed by atoms with Gasteiger partial charge >= 0.3 is 12.1 Å². The van der Waals surface area contributed by atoms with Gasteiger partial charge in [-0.1, -0.05) is 37.4 Å². The van der Waals surface area contributed by atoms with Crippen LogP contribution >= 0.6 is 34.9 Å². The number of hydrogen-bond acceptors (Lipinski definition) is 16. The maximum Gasteiger partial charge on any atom is 0.511 e. The number of nitrogen functional groups attached to an aromatic ring is 1. The molecule has 3 N–H and O–H groups in total. The summed E-state index contributed by atoms with van der Waals surface area (Å²) in [6.07, 6.45) is 6.73. The summed E-state index contributed by atoms with van der Waals surface area (Å²) in [6, 6.07) is -0.843. The molecule has 1 saturated heterocycles. The molecule has 2 saturated carbocycles. The standard InChI is InChI=1S/C32H45N9O7S3/c1-39(2)13-14-40-31(36-37-38-40)51-17-20-16-49-27-24(35-23(42)15-21-18-50-30(33)34-21)26(43)41(27)25(20)28(44)47-29(19-9-5-3-6-10-19)48-32(45)46-22-11-7-4-8-12-22/h18-19,22,24,27,29H,3-17H2,1-2H3,(H2,33,34)(H,35,42)/t24-,27+,29?/m1/s1. The molecule has 0 bridgehead atoms. The number of thiazole rings is 1. The number of carbonyl (C=O) groups is 4. The van der Waals surface area contributed by atoms with Gasteiger partial charge in [-0.3, -0.25) is 14.5 Å². The average Bonchev–Trinajstić information content (AvgIpc) is 3.76. The van der Waals surface area contributed by atoms with E-state index in [1.165, 1.54) is 39.8 Å². The van der Waals surface area contributed by atoms with Gasteiger partial charge in [0, 0.05) is 29.3 Å². The fraction of sp³-hybridized carbons (Fsp3) is 0.688. The largest absolute Gasteiger partial charge is 0.511 e. The fourth-order valence-electron chi connectivity index (χ4n) is 6.69. The Hall–Kier alpha value is -3.42. The number of nitrogens with two attached hydrogens (primary N) is 1. The summed E-state index contributed by atoms with van der Waals surface area (Å²) in [5, 5.41) is 17.0. The van der Waals surface area contributed by atoms with E-state index in [1.807, 2.05) is 19.0 Å². The second kappa shape index (κ2) is 17.4. The molecule has 2 amide bonds. The molecule has 6 rings (SSSR count). The summed E-state index contributed by atoms with van der Waals surface area (Å²) in [7, 11) is 3.93. The topological polar surface area (TPSA) is 197 Å². The minimum atomic E-state index is -1.17. The molecule has 3 fully saturated rings. The highest BCUT2D eigenvalue weighted by molar-refractivity contribution is 8.01. The molecule has 0 spiro atoms. The number of carbonyl (C=O) groups excluding carboxylic acids is 4. The number of rotatable bonds is 14. The van der Waals surface area contributed by atoms with Gasteiger partial charge in [0.2, 0.25) is 11.1 Å². The summed E-state index contributed by atoms with van der Waals surface area (Å²) in [5.41, 5.74) is 6.97. The molecule has 2 aromatic heterocycles. The highest BCUT2D eigenvalue weighted by atomic mass is 32.2. The molecule has 2 aliphatic carbocycles. The van der Waals surface area contributed by atoms with Crippen LogP contribution in [0.1, 0.15) is 69.9 Å². The summed E-state index contributed by atoms with van der Waals surface area (Å²) in [5.74, 6) is -1.08. The number of nitrogens with zero attached hydrogens (tertiary/aromatic N) is 7. The first-order valence-corrected chi connectivity index (χ1v) is 20.4. The lowest BCUT2D eigenvalue weighted by atomic mass is 9.89. The van der Waals surface area contributed by atoms with Crippen molar-refractivity contribution in [1.29, 1.82) is 0 Å². The zero-order valence-electron chi connectivity index (χ0n) is 28.9. The van der Waals surface area contributed by atoms with E-state index in [9.17, 15) is 19.2 Å². The van der Waals surface area contributed by atoms with E-state index in [4.69, 9.17) is 19.9 Å². The molecule has 2 aliphatic heterocycles. The predicted octanol–water partition coefficient (Wildman–Crippen LogP) is 3.20. The predicted molar refractivity (Wildman–Crippen MR) is 190 cm³/mol. The lowest BCUT2D eigenvalue weighted by Crippen LogP contribution is -2.70. The summed E-state index contributed by atoms with van der Waals surface area (Å²) in [4.78, 5) is 61.5. The lowest BCUT2D eigenvalue weighted by molar-refractivity contribution is -0.184. The van der Waals surface area contributed by atoms with Crippen molar-refractivity contribution in [2.45, 2.75) is 106 Å². The van der Waals surface area contributed by atoms with Crippen molar-refractivity contribution >= 4 is 63.9 Å². The maximum absolute atomic E-state index is 14.3. The molecule has 3 atom stereocenters. The van der Waals surface area contributed by atoms with Gasteiger partial charge in [0.15, 0.2) is 5.13 Å². The van der Waals surface area contributed by atoms with Crippen molar-refractivity contribution in [3.05, 3.63) is 22.3 Å². The average molecular weight is 764 g/mol. The number of anilines is 1. The quantitative estimate of drug-likeness (QED) is 0.123. The van der Waals surface area contributed by atoms with Crippen LogP contribution in [0.3, 0.4) is 0 Å². The van der Waals surface area contributed by atoms with Crippen LogP contribution in [0.15, 0.2) is 21.8 Å². The van der Waals surface area contributed by atoms with Crippen molar-refractivity contribution < 1.29 is 33.4 Å². The first-order chi connectivity index (χ1) is 24.7. The van der Waals surface area contributed by atoms with Gasteiger partial charge in [-0.2, -0.15) is 0 Å². The summed E-state index contributed by atoms with van der Waals surface area (Å²) in [6.45, 7) is 1.30. The van der Waals surface area contributed by atoms with Crippen LogP contribution in [0.5, 0.6) is 0 Å². The third kappa shape index (κ3) is 9.53. The van der Waals surface area contributed by atoms with E-state index in [0.29, 0.717) is 39.6 Å². The number of tetrazole rings is 1. The van der Waals surface area contributed by atoms with E-state index >= 15 is 0 Å². The molecule has 2 aromatic rings. The first kappa shape index (κ1) is 37.3. The highest BCUT2D eigenvalue weighted by Crippen LogP contribution is 2.42. The minimum absolute atomic E-state index is 0.0264. The number of fused-ring (bicyclic) bond motifs is 1. The number of thioether (sulfide) groups is 2. The molecule has 19 heteroatoms. The molecule has 16 nitrogen and oxygen atoms in total. The number of likely N-dealkylation sites (N-methyl/N-ethyl adjacent to an activating group) is 1. The Morgan fingerprint density at radius 1 is 1.10 bits per heavy atom. The number of nitrogens with one attached hydrogen (secondary N) is 1. The van der Waals surface area contributed by atoms with Crippen LogP contribution in [0, 0.1) is 5.92 Å². The van der Waals surface area contributed by atoms with Gasteiger partial charge in [-0.15, -0.1) is 28.2 Å². The Balaban J connectivity index is 1.20. The Bertz CT molecular complexity index is 1590. The summed E-state index contributed by atoms with van der Waals surface area (Å²) >= 11 is 4.04. The van der Waals surface area contributed by atoms with Gasteiger partial charge in [-0.05, 0) is 68.6 Å². The number of amides is 2. The molecule has 0 aromatic carbocycles. The maximum atomic E-state index is 14.3. The van der Waals surface area contributed by atoms with Crippen molar-refractivity contribution in [3.8, 4) is 0 Å². The van der Waals surface area contributed by atoms with Crippen molar-refractivity contribution in [2.24, 2.45) is 5.92 Å². The molecule has 0 radical (unpaired) electrons. The Labute approximate surface area is 308 Å². The molecular weight excluding hydrogens is 719 g/mol. The van der Waals surface area contributed by atoms with Crippen LogP contribution in [-0.4, -0.2) is 115 Å². The zero-order valence-corrected chi connectivity index (χ0v) is 31.3. The van der Waals surface area contributed by atoms with Gasteiger partial charge in [0.25, 0.3) is 12.2 Å². The SMILES string of the molecule is CN(C)CCn1nnnc1SCC1=C(C(=O)OC(OC(=O)OC2CCCCC2)C2CCCCC2)N2C(=O)[C@@H](NC(=O)Cc3csc(N)n3)[C@@H]2SC1. The van der Waals surface area contributed by atoms with Gasteiger partial charge in [0.1, 0.15) is 23.2 Å². The van der Waals surface area contributed by atoms with E-state index in [1.54, 1.807) is 10.1 Å². The van der Waals surface area contributed by atoms with Gasteiger partial charge < -0.3 is 30.2 Å². The Morgan fingerprint density at radius 2 is 1.84 bits per heavy atom. The van der Waals surface area contributed by atoms with Crippen molar-refractivity contribution in [1.82, 2.24) is 40.3 Å². The monoisotopic (exact) mass is 763 g/mol. The summed E-state index contributed by atoms with van der Waals surface area (Å²) < 4.78 is 19.2. The minimum Gasteiger partial charge on any atom is -0.431 e. The van der Waals surface area contributed by atoms with Crippen LogP contribution in [0.2, 0.25) is 0 Å². The number of ether oxygens (including phenoxy) is 3. The van der Waals surface area contributed by atoms with Gasteiger partial charge in [0.05, 0.1) is 18.7 Å². The van der Waals surface area contributed by atoms with E-state index in [2.05, 4.69) is 25.8 Å². The third-order valence-electron chi connectivity index (χ3n) is 9.39. The normalized spacial score (nSPS) is 21.9. The first-order valence-electron chi connectivity index (χ1n) is 17.4. The molecule has 278 valence electrons. The van der Waals surface area contributed by atoms with E-state index < -0.39 is 35.7 Å². The molecule has 51 heavy (non-hydrogen) atoms. The molecular formula is C32H45N9O7S3. The Morgan fingerprint density at radius 3 is 2.55 bits per heavy atom. The highest BCUT2D eigenvalue weighted by Gasteiger charge is 2.55. The smallest absolute Gasteiger partial charge is 0.431 e. The zero-order chi connectivity index (χ0) is 35.9. The number of hydrogen-bond donors (Lipinski definition) is 2. The number of β-lactam (4-membered cyclic amide) rings is 1. The third-order valence-corrected chi connectivity index (χ3v) is 12.5. The molecule has 4 aliphatic rings. The van der Waals surface area contributed by atoms with Crippen LogP contribution in [0.4, 0.5) is 9.93 Å². The fourth-order valence-corrected chi connectivity index (χ4v) is 9.64. The van der Waals surface area contributed by atoms with E-state index in [0.717, 1.165) is 70.8 Å². The number of esters is 1. The van der Waals surface area contributed by atoms with Crippen LogP contribution in [0.25, 0.3) is 0 Å². The second-order valence-corrected chi connectivity index (χ2v) is 16.4. The van der Waals surface area contributed by atoms with Gasteiger partial charge in [-0.25, -0.2) is 19.3 Å².